The van der Waals surface area contributed by atoms with Gasteiger partial charge in [-0.05, 0) is 18.6 Å². The standard InChI is InChI=1S/C19H23N3O2/c1-15-4-3-5-16(12-15)13-21-8-10-22(11-9-21)19(24)17-6-7-18(23)20(2)14-17/h3-7,12,14H,8-11,13H2,1-2H3. The van der Waals surface area contributed by atoms with Gasteiger partial charge >= 0.3 is 0 Å². The minimum atomic E-state index is -0.102. The van der Waals surface area contributed by atoms with Gasteiger partial charge in [0.25, 0.3) is 5.91 Å². The predicted molar refractivity (Wildman–Crippen MR) is 94.0 cm³/mol. The molecular formula is C19H23N3O2. The van der Waals surface area contributed by atoms with Crippen molar-refractivity contribution in [3.05, 3.63) is 69.6 Å². The second-order valence-corrected chi connectivity index (χ2v) is 6.42. The average molecular weight is 325 g/mol. The van der Waals surface area contributed by atoms with Gasteiger partial charge in [-0.15, -0.1) is 0 Å². The number of hydrogen-bond acceptors (Lipinski definition) is 3. The monoisotopic (exact) mass is 325 g/mol. The molecule has 1 amide bonds. The van der Waals surface area contributed by atoms with Crippen LogP contribution in [0.4, 0.5) is 0 Å². The molecule has 0 atom stereocenters. The predicted octanol–water partition coefficient (Wildman–Crippen LogP) is 1.65. The second kappa shape index (κ2) is 7.01. The summed E-state index contributed by atoms with van der Waals surface area (Å²) in [5.74, 6) is 0.000746. The third-order valence-corrected chi connectivity index (χ3v) is 4.48. The quantitative estimate of drug-likeness (QED) is 0.862. The Labute approximate surface area is 142 Å². The highest BCUT2D eigenvalue weighted by Gasteiger charge is 2.22. The van der Waals surface area contributed by atoms with Crippen LogP contribution in [0.25, 0.3) is 0 Å². The Bertz CT molecular complexity index is 789. The number of nitrogens with zero attached hydrogens (tertiary/aromatic N) is 3. The van der Waals surface area contributed by atoms with Crippen LogP contribution in [-0.2, 0) is 13.6 Å². The first kappa shape index (κ1) is 16.5. The smallest absolute Gasteiger partial charge is 0.255 e. The van der Waals surface area contributed by atoms with Crippen LogP contribution in [0.15, 0.2) is 47.4 Å². The van der Waals surface area contributed by atoms with Gasteiger partial charge in [-0.25, -0.2) is 0 Å². The van der Waals surface area contributed by atoms with Crippen molar-refractivity contribution in [1.82, 2.24) is 14.4 Å². The first-order chi connectivity index (χ1) is 11.5. The van der Waals surface area contributed by atoms with Crippen molar-refractivity contribution in [3.8, 4) is 0 Å². The fourth-order valence-corrected chi connectivity index (χ4v) is 3.08. The van der Waals surface area contributed by atoms with Gasteiger partial charge in [0.15, 0.2) is 0 Å². The van der Waals surface area contributed by atoms with E-state index in [0.717, 1.165) is 19.6 Å². The molecular weight excluding hydrogens is 302 g/mol. The molecule has 0 saturated carbocycles. The van der Waals surface area contributed by atoms with Gasteiger partial charge in [-0.1, -0.05) is 29.8 Å². The minimum absolute atomic E-state index is 0.000746. The molecule has 1 saturated heterocycles. The number of rotatable bonds is 3. The Hall–Kier alpha value is -2.40. The lowest BCUT2D eigenvalue weighted by Gasteiger charge is -2.34. The van der Waals surface area contributed by atoms with E-state index < -0.39 is 0 Å². The van der Waals surface area contributed by atoms with Crippen LogP contribution in [-0.4, -0.2) is 46.5 Å². The fourth-order valence-electron chi connectivity index (χ4n) is 3.08. The minimum Gasteiger partial charge on any atom is -0.336 e. The lowest BCUT2D eigenvalue weighted by atomic mass is 10.1. The van der Waals surface area contributed by atoms with Crippen molar-refractivity contribution in [1.29, 1.82) is 0 Å². The van der Waals surface area contributed by atoms with Gasteiger partial charge in [-0.3, -0.25) is 14.5 Å². The second-order valence-electron chi connectivity index (χ2n) is 6.42. The molecule has 24 heavy (non-hydrogen) atoms. The first-order valence-corrected chi connectivity index (χ1v) is 8.27. The highest BCUT2D eigenvalue weighted by atomic mass is 16.2. The first-order valence-electron chi connectivity index (χ1n) is 8.27. The molecule has 0 spiro atoms. The van der Waals surface area contributed by atoms with Crippen LogP contribution in [0.3, 0.4) is 0 Å². The average Bonchev–Trinajstić information content (AvgIpc) is 2.57. The summed E-state index contributed by atoms with van der Waals surface area (Å²) in [6.45, 7) is 6.19. The van der Waals surface area contributed by atoms with Crippen LogP contribution in [0, 0.1) is 6.92 Å². The van der Waals surface area contributed by atoms with Gasteiger partial charge in [0, 0.05) is 52.0 Å². The number of amides is 1. The molecule has 3 rings (SSSR count). The van der Waals surface area contributed by atoms with Crippen molar-refractivity contribution < 1.29 is 4.79 Å². The molecule has 1 aliphatic heterocycles. The van der Waals surface area contributed by atoms with Crippen molar-refractivity contribution in [2.75, 3.05) is 26.2 Å². The van der Waals surface area contributed by atoms with E-state index in [1.54, 1.807) is 19.3 Å². The molecule has 1 aliphatic rings. The summed E-state index contributed by atoms with van der Waals surface area (Å²) in [7, 11) is 1.67. The molecule has 5 nitrogen and oxygen atoms in total. The number of benzene rings is 1. The van der Waals surface area contributed by atoms with E-state index in [2.05, 4.69) is 36.1 Å². The Kier molecular flexibility index (Phi) is 4.81. The number of aromatic nitrogens is 1. The maximum Gasteiger partial charge on any atom is 0.255 e. The Balaban J connectivity index is 1.59. The zero-order valence-corrected chi connectivity index (χ0v) is 14.2. The molecule has 0 radical (unpaired) electrons. The van der Waals surface area contributed by atoms with E-state index in [4.69, 9.17) is 0 Å². The molecule has 1 aromatic carbocycles. The fraction of sp³-hybridized carbons (Fsp3) is 0.368. The number of hydrogen-bond donors (Lipinski definition) is 0. The molecule has 0 N–H and O–H groups in total. The lowest BCUT2D eigenvalue weighted by molar-refractivity contribution is 0.0627. The number of piperazine rings is 1. The van der Waals surface area contributed by atoms with Crippen LogP contribution < -0.4 is 5.56 Å². The normalized spacial score (nSPS) is 15.5. The maximum absolute atomic E-state index is 12.6. The third-order valence-electron chi connectivity index (χ3n) is 4.48. The van der Waals surface area contributed by atoms with Gasteiger partial charge in [0.2, 0.25) is 5.56 Å². The molecule has 0 aliphatic carbocycles. The summed E-state index contributed by atoms with van der Waals surface area (Å²) in [4.78, 5) is 28.2. The van der Waals surface area contributed by atoms with Crippen molar-refractivity contribution in [2.45, 2.75) is 13.5 Å². The summed E-state index contributed by atoms with van der Waals surface area (Å²) < 4.78 is 1.45. The SMILES string of the molecule is Cc1cccc(CN2CCN(C(=O)c3ccc(=O)n(C)c3)CC2)c1. The van der Waals surface area contributed by atoms with Crippen molar-refractivity contribution in [2.24, 2.45) is 7.05 Å². The van der Waals surface area contributed by atoms with Crippen LogP contribution in [0.1, 0.15) is 21.5 Å². The van der Waals surface area contributed by atoms with Gasteiger partial charge < -0.3 is 9.47 Å². The number of carbonyl (C=O) groups excluding carboxylic acids is 1. The molecule has 2 aromatic rings. The maximum atomic E-state index is 12.6. The molecule has 0 bridgehead atoms. The molecule has 126 valence electrons. The van der Waals surface area contributed by atoms with Crippen molar-refractivity contribution in [3.63, 3.8) is 0 Å². The Morgan fingerprint density at radius 3 is 2.50 bits per heavy atom. The molecule has 1 aromatic heterocycles. The molecule has 5 heteroatoms. The van der Waals surface area contributed by atoms with Crippen molar-refractivity contribution >= 4 is 5.91 Å². The van der Waals surface area contributed by atoms with E-state index in [-0.39, 0.29) is 11.5 Å². The van der Waals surface area contributed by atoms with Gasteiger partial charge in [0.05, 0.1) is 5.56 Å². The number of aryl methyl sites for hydroxylation is 2. The summed E-state index contributed by atoms with van der Waals surface area (Å²) in [5.41, 5.74) is 3.06. The lowest BCUT2D eigenvalue weighted by Crippen LogP contribution is -2.48. The Morgan fingerprint density at radius 2 is 1.83 bits per heavy atom. The zero-order valence-electron chi connectivity index (χ0n) is 14.2. The van der Waals surface area contributed by atoms with E-state index in [1.807, 2.05) is 4.90 Å². The highest BCUT2D eigenvalue weighted by Crippen LogP contribution is 2.12. The number of pyridine rings is 1. The van der Waals surface area contributed by atoms with Crippen LogP contribution in [0.5, 0.6) is 0 Å². The largest absolute Gasteiger partial charge is 0.336 e. The Morgan fingerprint density at radius 1 is 1.08 bits per heavy atom. The summed E-state index contributed by atoms with van der Waals surface area (Å²) in [6, 6.07) is 11.6. The molecule has 0 unspecified atom stereocenters. The number of carbonyl (C=O) groups is 1. The van der Waals surface area contributed by atoms with E-state index in [9.17, 15) is 9.59 Å². The third kappa shape index (κ3) is 3.74. The van der Waals surface area contributed by atoms with Gasteiger partial charge in [0.1, 0.15) is 0 Å². The molecule has 2 heterocycles. The van der Waals surface area contributed by atoms with Crippen LogP contribution in [0.2, 0.25) is 0 Å². The summed E-state index contributed by atoms with van der Waals surface area (Å²) in [5, 5.41) is 0. The van der Waals surface area contributed by atoms with E-state index in [0.29, 0.717) is 18.7 Å². The molecule has 1 fully saturated rings. The van der Waals surface area contributed by atoms with E-state index in [1.165, 1.54) is 21.8 Å². The highest BCUT2D eigenvalue weighted by molar-refractivity contribution is 5.94. The summed E-state index contributed by atoms with van der Waals surface area (Å²) >= 11 is 0. The zero-order chi connectivity index (χ0) is 17.1. The van der Waals surface area contributed by atoms with Gasteiger partial charge in [-0.2, -0.15) is 0 Å². The van der Waals surface area contributed by atoms with Crippen LogP contribution >= 0.6 is 0 Å². The van der Waals surface area contributed by atoms with E-state index >= 15 is 0 Å². The summed E-state index contributed by atoms with van der Waals surface area (Å²) in [6.07, 6.45) is 1.61. The topological polar surface area (TPSA) is 45.6 Å².